The lowest BCUT2D eigenvalue weighted by molar-refractivity contribution is 0.581. The number of fused-ring (bicyclic) bond motifs is 1. The molecule has 0 aliphatic rings. The van der Waals surface area contributed by atoms with Crippen LogP contribution in [0.25, 0.3) is 11.0 Å². The molecule has 0 unspecified atom stereocenters. The number of hydrogen-bond acceptors (Lipinski definition) is 3. The Morgan fingerprint density at radius 2 is 1.90 bits per heavy atom. The van der Waals surface area contributed by atoms with Crippen LogP contribution in [0.5, 0.6) is 0 Å². The van der Waals surface area contributed by atoms with Crippen molar-refractivity contribution < 1.29 is 8.42 Å². The molecule has 0 amide bonds. The zero-order chi connectivity index (χ0) is 14.9. The van der Waals surface area contributed by atoms with Gasteiger partial charge in [0.2, 0.25) is 10.0 Å². The van der Waals surface area contributed by atoms with Gasteiger partial charge in [-0.05, 0) is 35.9 Å². The number of rotatable bonds is 4. The molecule has 0 atom stereocenters. The standard InChI is InChI=1S/C14H12ClN3O2S/c15-11-3-1-10(2-4-11)8-18-21(19,20)12-5-6-13-14(7-12)17-9-16-13/h1-7,9,18H,8H2,(H,16,17). The van der Waals surface area contributed by atoms with E-state index in [1.807, 2.05) is 0 Å². The minimum absolute atomic E-state index is 0.202. The van der Waals surface area contributed by atoms with Crippen LogP contribution in [0.15, 0.2) is 53.7 Å². The van der Waals surface area contributed by atoms with Gasteiger partial charge in [-0.3, -0.25) is 0 Å². The van der Waals surface area contributed by atoms with E-state index in [-0.39, 0.29) is 11.4 Å². The van der Waals surface area contributed by atoms with Crippen molar-refractivity contribution in [2.24, 2.45) is 0 Å². The molecule has 0 aliphatic carbocycles. The van der Waals surface area contributed by atoms with E-state index in [1.165, 1.54) is 12.4 Å². The molecule has 3 rings (SSSR count). The Bertz CT molecular complexity index is 873. The highest BCUT2D eigenvalue weighted by Crippen LogP contribution is 2.16. The second-order valence-corrected chi connectivity index (χ2v) is 6.74. The molecule has 0 aliphatic heterocycles. The Labute approximate surface area is 127 Å². The summed E-state index contributed by atoms with van der Waals surface area (Å²) in [5.74, 6) is 0. The van der Waals surface area contributed by atoms with E-state index in [1.54, 1.807) is 36.4 Å². The zero-order valence-electron chi connectivity index (χ0n) is 10.9. The van der Waals surface area contributed by atoms with Crippen molar-refractivity contribution in [1.29, 1.82) is 0 Å². The third-order valence-corrected chi connectivity index (χ3v) is 4.73. The number of hydrogen-bond donors (Lipinski definition) is 2. The molecule has 108 valence electrons. The second-order valence-electron chi connectivity index (χ2n) is 4.53. The zero-order valence-corrected chi connectivity index (χ0v) is 12.4. The molecule has 0 spiro atoms. The molecule has 1 heterocycles. The number of benzene rings is 2. The molecule has 0 radical (unpaired) electrons. The smallest absolute Gasteiger partial charge is 0.240 e. The number of nitrogens with one attached hydrogen (secondary N) is 2. The first-order chi connectivity index (χ1) is 10.0. The molecule has 3 aromatic rings. The highest BCUT2D eigenvalue weighted by Gasteiger charge is 2.14. The van der Waals surface area contributed by atoms with Crippen LogP contribution in [0.2, 0.25) is 5.02 Å². The quantitative estimate of drug-likeness (QED) is 0.775. The molecule has 1 aromatic heterocycles. The summed E-state index contributed by atoms with van der Waals surface area (Å²) in [5.41, 5.74) is 2.25. The monoisotopic (exact) mass is 321 g/mol. The minimum Gasteiger partial charge on any atom is -0.345 e. The second kappa shape index (κ2) is 5.48. The predicted octanol–water partition coefficient (Wildman–Crippen LogP) is 2.69. The molecular weight excluding hydrogens is 310 g/mol. The fraction of sp³-hybridized carbons (Fsp3) is 0.0714. The molecule has 2 aromatic carbocycles. The molecular formula is C14H12ClN3O2S. The molecule has 2 N–H and O–H groups in total. The maximum atomic E-state index is 12.3. The Hall–Kier alpha value is -1.89. The van der Waals surface area contributed by atoms with E-state index in [0.717, 1.165) is 11.1 Å². The fourth-order valence-electron chi connectivity index (χ4n) is 1.95. The first kappa shape index (κ1) is 14.1. The third kappa shape index (κ3) is 3.07. The Kier molecular flexibility index (Phi) is 3.67. The molecule has 21 heavy (non-hydrogen) atoms. The molecule has 0 fully saturated rings. The van der Waals surface area contributed by atoms with E-state index in [9.17, 15) is 8.42 Å². The van der Waals surface area contributed by atoms with Gasteiger partial charge in [-0.25, -0.2) is 18.1 Å². The van der Waals surface area contributed by atoms with Crippen molar-refractivity contribution in [2.75, 3.05) is 0 Å². The van der Waals surface area contributed by atoms with Gasteiger partial charge < -0.3 is 4.98 Å². The van der Waals surface area contributed by atoms with Crippen LogP contribution in [-0.4, -0.2) is 18.4 Å². The molecule has 0 saturated carbocycles. The van der Waals surface area contributed by atoms with E-state index in [2.05, 4.69) is 14.7 Å². The van der Waals surface area contributed by atoms with Crippen molar-refractivity contribution in [3.8, 4) is 0 Å². The van der Waals surface area contributed by atoms with Crippen molar-refractivity contribution in [1.82, 2.24) is 14.7 Å². The van der Waals surface area contributed by atoms with Crippen LogP contribution >= 0.6 is 11.6 Å². The highest BCUT2D eigenvalue weighted by molar-refractivity contribution is 7.89. The number of sulfonamides is 1. The predicted molar refractivity (Wildman–Crippen MR) is 81.6 cm³/mol. The van der Waals surface area contributed by atoms with Gasteiger partial charge in [-0.15, -0.1) is 0 Å². The SMILES string of the molecule is O=S(=O)(NCc1ccc(Cl)cc1)c1ccc2nc[nH]c2c1. The fourth-order valence-corrected chi connectivity index (χ4v) is 3.12. The first-order valence-corrected chi connectivity index (χ1v) is 8.08. The number of halogens is 1. The van der Waals surface area contributed by atoms with Crippen LogP contribution in [0.4, 0.5) is 0 Å². The van der Waals surface area contributed by atoms with Crippen LogP contribution in [0.3, 0.4) is 0 Å². The third-order valence-electron chi connectivity index (χ3n) is 3.08. The highest BCUT2D eigenvalue weighted by atomic mass is 35.5. The lowest BCUT2D eigenvalue weighted by Gasteiger charge is -2.07. The van der Waals surface area contributed by atoms with E-state index >= 15 is 0 Å². The molecule has 0 bridgehead atoms. The van der Waals surface area contributed by atoms with Crippen LogP contribution < -0.4 is 4.72 Å². The topological polar surface area (TPSA) is 74.8 Å². The number of imidazole rings is 1. The summed E-state index contributed by atoms with van der Waals surface area (Å²) in [4.78, 5) is 7.16. The van der Waals surface area contributed by atoms with Crippen molar-refractivity contribution in [3.63, 3.8) is 0 Å². The molecule has 5 nitrogen and oxygen atoms in total. The van der Waals surface area contributed by atoms with Gasteiger partial charge in [0, 0.05) is 11.6 Å². The van der Waals surface area contributed by atoms with Gasteiger partial charge in [-0.2, -0.15) is 0 Å². The van der Waals surface area contributed by atoms with Crippen molar-refractivity contribution >= 4 is 32.7 Å². The van der Waals surface area contributed by atoms with Crippen molar-refractivity contribution in [3.05, 3.63) is 59.4 Å². The Morgan fingerprint density at radius 1 is 1.14 bits per heavy atom. The first-order valence-electron chi connectivity index (χ1n) is 6.22. The summed E-state index contributed by atoms with van der Waals surface area (Å²) >= 11 is 5.79. The summed E-state index contributed by atoms with van der Waals surface area (Å²) in [7, 11) is -3.57. The summed E-state index contributed by atoms with van der Waals surface area (Å²) in [5, 5.41) is 0.617. The normalized spacial score (nSPS) is 11.9. The Morgan fingerprint density at radius 3 is 2.67 bits per heavy atom. The lowest BCUT2D eigenvalue weighted by Crippen LogP contribution is -2.23. The van der Waals surface area contributed by atoms with E-state index in [4.69, 9.17) is 11.6 Å². The summed E-state index contributed by atoms with van der Waals surface area (Å²) < 4.78 is 27.1. The summed E-state index contributed by atoms with van der Waals surface area (Å²) in [6.07, 6.45) is 1.53. The number of nitrogens with zero attached hydrogens (tertiary/aromatic N) is 1. The van der Waals surface area contributed by atoms with Gasteiger partial charge in [0.15, 0.2) is 0 Å². The van der Waals surface area contributed by atoms with Crippen molar-refractivity contribution in [2.45, 2.75) is 11.4 Å². The average Bonchev–Trinajstić information content (AvgIpc) is 2.94. The van der Waals surface area contributed by atoms with Gasteiger partial charge in [-0.1, -0.05) is 23.7 Å². The maximum absolute atomic E-state index is 12.3. The largest absolute Gasteiger partial charge is 0.345 e. The molecule has 0 saturated heterocycles. The lowest BCUT2D eigenvalue weighted by atomic mass is 10.2. The van der Waals surface area contributed by atoms with Gasteiger partial charge in [0.25, 0.3) is 0 Å². The Balaban J connectivity index is 1.81. The van der Waals surface area contributed by atoms with Crippen LogP contribution in [0.1, 0.15) is 5.56 Å². The number of aromatic amines is 1. The summed E-state index contributed by atoms with van der Waals surface area (Å²) in [6, 6.07) is 11.8. The van der Waals surface area contributed by atoms with Gasteiger partial charge in [0.1, 0.15) is 0 Å². The number of H-pyrrole nitrogens is 1. The maximum Gasteiger partial charge on any atom is 0.240 e. The minimum atomic E-state index is -3.57. The van der Waals surface area contributed by atoms with E-state index < -0.39 is 10.0 Å². The number of aromatic nitrogens is 2. The van der Waals surface area contributed by atoms with Gasteiger partial charge in [0.05, 0.1) is 22.3 Å². The van der Waals surface area contributed by atoms with Gasteiger partial charge >= 0.3 is 0 Å². The average molecular weight is 322 g/mol. The van der Waals surface area contributed by atoms with E-state index in [0.29, 0.717) is 10.5 Å². The molecule has 7 heteroatoms. The van der Waals surface area contributed by atoms with Crippen LogP contribution in [0, 0.1) is 0 Å². The summed E-state index contributed by atoms with van der Waals surface area (Å²) in [6.45, 7) is 0.209. The van der Waals surface area contributed by atoms with Crippen LogP contribution in [-0.2, 0) is 16.6 Å².